The van der Waals surface area contributed by atoms with Crippen LogP contribution in [0.1, 0.15) is 18.1 Å². The highest BCUT2D eigenvalue weighted by molar-refractivity contribution is 7.92. The number of carbonyl (C=O) groups is 1. The van der Waals surface area contributed by atoms with Crippen molar-refractivity contribution in [2.45, 2.75) is 32.2 Å². The van der Waals surface area contributed by atoms with Gasteiger partial charge in [0.15, 0.2) is 0 Å². The molecule has 0 fully saturated rings. The lowest BCUT2D eigenvalue weighted by atomic mass is 9.94. The zero-order chi connectivity index (χ0) is 25.8. The van der Waals surface area contributed by atoms with Gasteiger partial charge < -0.3 is 9.47 Å². The van der Waals surface area contributed by atoms with Crippen molar-refractivity contribution in [3.63, 3.8) is 0 Å². The third-order valence-electron chi connectivity index (χ3n) is 6.78. The van der Waals surface area contributed by atoms with E-state index < -0.39 is 10.0 Å². The van der Waals surface area contributed by atoms with Crippen LogP contribution in [0.5, 0.6) is 0 Å². The topological polar surface area (TPSA) is 79.7 Å². The van der Waals surface area contributed by atoms with E-state index in [-0.39, 0.29) is 22.9 Å². The number of amides is 1. The highest BCUT2D eigenvalue weighted by atomic mass is 32.2. The lowest BCUT2D eigenvalue weighted by Crippen LogP contribution is -2.43. The molecular formula is C28H27N3O4S. The summed E-state index contributed by atoms with van der Waals surface area (Å²) in [5.41, 5.74) is 4.98. The Balaban J connectivity index is 1.88. The molecule has 7 nitrogen and oxygen atoms in total. The fraction of sp³-hybridized carbons (Fsp3) is 0.214. The molecule has 184 valence electrons. The van der Waals surface area contributed by atoms with Crippen LogP contribution in [0, 0.1) is 13.8 Å². The highest BCUT2D eigenvalue weighted by Gasteiger charge is 2.34. The van der Waals surface area contributed by atoms with E-state index in [1.807, 2.05) is 45.0 Å². The Hall–Kier alpha value is -3.91. The number of likely N-dealkylation sites (N-methyl/N-ethyl adjacent to an activating group) is 1. The van der Waals surface area contributed by atoms with Crippen LogP contribution in [0.25, 0.3) is 22.0 Å². The van der Waals surface area contributed by atoms with Crippen molar-refractivity contribution in [2.75, 3.05) is 22.8 Å². The predicted octanol–water partition coefficient (Wildman–Crippen LogP) is 4.48. The lowest BCUT2D eigenvalue weighted by molar-refractivity contribution is -0.116. The number of nitrogens with zero attached hydrogens (tertiary/aromatic N) is 3. The second-order valence-electron chi connectivity index (χ2n) is 9.11. The monoisotopic (exact) mass is 501 g/mol. The SMILES string of the molecule is CCn1c(=O)ccc2c3c(ccc21)N(C)C(=O)CN(S(=O)(=O)c1ccc(C)cc1)c1ccc(C)cc1-3. The summed E-state index contributed by atoms with van der Waals surface area (Å²) in [6.07, 6.45) is 0. The van der Waals surface area contributed by atoms with Crippen LogP contribution in [0.2, 0.25) is 0 Å². The molecule has 3 aromatic carbocycles. The van der Waals surface area contributed by atoms with Crippen molar-refractivity contribution in [1.29, 1.82) is 0 Å². The molecule has 1 aliphatic rings. The van der Waals surface area contributed by atoms with Gasteiger partial charge in [0.1, 0.15) is 6.54 Å². The molecule has 0 radical (unpaired) electrons. The van der Waals surface area contributed by atoms with Gasteiger partial charge in [-0.2, -0.15) is 0 Å². The Morgan fingerprint density at radius 2 is 1.50 bits per heavy atom. The zero-order valence-corrected chi connectivity index (χ0v) is 21.5. The maximum absolute atomic E-state index is 13.9. The number of sulfonamides is 1. The second-order valence-corrected chi connectivity index (χ2v) is 11.0. The third-order valence-corrected chi connectivity index (χ3v) is 8.55. The van der Waals surface area contributed by atoms with Crippen molar-refractivity contribution in [3.8, 4) is 11.1 Å². The lowest BCUT2D eigenvalue weighted by Gasteiger charge is -2.33. The van der Waals surface area contributed by atoms with Gasteiger partial charge in [0.25, 0.3) is 15.6 Å². The normalized spacial score (nSPS) is 13.8. The van der Waals surface area contributed by atoms with Crippen LogP contribution in [-0.4, -0.2) is 32.5 Å². The molecule has 5 rings (SSSR count). The van der Waals surface area contributed by atoms with E-state index >= 15 is 0 Å². The van der Waals surface area contributed by atoms with Crippen LogP contribution < -0.4 is 14.8 Å². The van der Waals surface area contributed by atoms with E-state index in [0.717, 1.165) is 22.0 Å². The summed E-state index contributed by atoms with van der Waals surface area (Å²) >= 11 is 0. The van der Waals surface area contributed by atoms with Crippen molar-refractivity contribution in [2.24, 2.45) is 0 Å². The Morgan fingerprint density at radius 3 is 2.19 bits per heavy atom. The highest BCUT2D eigenvalue weighted by Crippen LogP contribution is 2.44. The number of aromatic nitrogens is 1. The maximum atomic E-state index is 13.9. The number of pyridine rings is 1. The van der Waals surface area contributed by atoms with Gasteiger partial charge in [0.05, 0.1) is 21.8 Å². The Labute approximate surface area is 210 Å². The van der Waals surface area contributed by atoms with Crippen LogP contribution in [0.4, 0.5) is 11.4 Å². The number of aryl methyl sites for hydroxylation is 3. The van der Waals surface area contributed by atoms with Gasteiger partial charge in [-0.05, 0) is 63.2 Å². The van der Waals surface area contributed by atoms with Gasteiger partial charge in [-0.1, -0.05) is 29.3 Å². The summed E-state index contributed by atoms with van der Waals surface area (Å²) in [4.78, 5) is 27.6. The molecule has 1 aliphatic heterocycles. The van der Waals surface area contributed by atoms with Crippen LogP contribution in [0.3, 0.4) is 0 Å². The smallest absolute Gasteiger partial charge is 0.264 e. The first-order valence-corrected chi connectivity index (χ1v) is 13.2. The molecule has 1 aromatic heterocycles. The van der Waals surface area contributed by atoms with Gasteiger partial charge in [0.2, 0.25) is 5.91 Å². The number of hydrogen-bond donors (Lipinski definition) is 0. The minimum absolute atomic E-state index is 0.117. The molecule has 0 saturated carbocycles. The van der Waals surface area contributed by atoms with Gasteiger partial charge in [-0.3, -0.25) is 13.9 Å². The molecule has 1 amide bonds. The first-order valence-electron chi connectivity index (χ1n) is 11.8. The molecule has 0 spiro atoms. The molecule has 2 heterocycles. The van der Waals surface area contributed by atoms with E-state index in [1.54, 1.807) is 48.0 Å². The van der Waals surface area contributed by atoms with E-state index in [4.69, 9.17) is 0 Å². The van der Waals surface area contributed by atoms with Crippen LogP contribution >= 0.6 is 0 Å². The quantitative estimate of drug-likeness (QED) is 0.415. The summed E-state index contributed by atoms with van der Waals surface area (Å²) in [5, 5.41) is 0.773. The summed E-state index contributed by atoms with van der Waals surface area (Å²) in [6.45, 7) is 5.88. The number of anilines is 2. The fourth-order valence-electron chi connectivity index (χ4n) is 4.82. The average molecular weight is 502 g/mol. The molecule has 0 N–H and O–H groups in total. The third kappa shape index (κ3) is 3.69. The van der Waals surface area contributed by atoms with Gasteiger partial charge >= 0.3 is 0 Å². The van der Waals surface area contributed by atoms with Gasteiger partial charge in [-0.25, -0.2) is 8.42 Å². The number of rotatable bonds is 3. The first kappa shape index (κ1) is 23.8. The number of benzene rings is 3. The number of carbonyl (C=O) groups excluding carboxylic acids is 1. The van der Waals surface area contributed by atoms with Gasteiger partial charge in [0, 0.05) is 36.2 Å². The Bertz CT molecular complexity index is 1690. The standard InChI is InChI=1S/C28H27N3O4S/c1-5-30-23-13-14-25-28(21(23)11-15-26(30)32)22-16-19(3)8-12-24(22)31(17-27(33)29(25)4)36(34,35)20-9-6-18(2)7-10-20/h6-16H,5,17H2,1-4H3. The molecule has 8 heteroatoms. The van der Waals surface area contributed by atoms with E-state index in [1.165, 1.54) is 15.3 Å². The van der Waals surface area contributed by atoms with Crippen LogP contribution in [0.15, 0.2) is 76.4 Å². The van der Waals surface area contributed by atoms with E-state index in [9.17, 15) is 18.0 Å². The zero-order valence-electron chi connectivity index (χ0n) is 20.6. The van der Waals surface area contributed by atoms with Crippen LogP contribution in [-0.2, 0) is 21.4 Å². The summed E-state index contributed by atoms with van der Waals surface area (Å²) in [5.74, 6) is -0.360. The minimum atomic E-state index is -4.05. The van der Waals surface area contributed by atoms with Crippen molar-refractivity contribution < 1.29 is 13.2 Å². The largest absolute Gasteiger partial charge is 0.313 e. The van der Waals surface area contributed by atoms with Gasteiger partial charge in [-0.15, -0.1) is 0 Å². The van der Waals surface area contributed by atoms with Crippen molar-refractivity contribution in [1.82, 2.24) is 4.57 Å². The van der Waals surface area contributed by atoms with E-state index in [2.05, 4.69) is 0 Å². The van der Waals surface area contributed by atoms with Crippen molar-refractivity contribution in [3.05, 3.63) is 88.2 Å². The molecule has 0 unspecified atom stereocenters. The number of fused-ring (bicyclic) bond motifs is 5. The molecule has 0 bridgehead atoms. The Kier molecular flexibility index (Phi) is 5.71. The average Bonchev–Trinajstić information content (AvgIpc) is 2.85. The summed E-state index contributed by atoms with van der Waals surface area (Å²) < 4.78 is 30.7. The molecule has 0 aliphatic carbocycles. The molecular weight excluding hydrogens is 474 g/mol. The maximum Gasteiger partial charge on any atom is 0.264 e. The molecule has 0 saturated heterocycles. The second kappa shape index (κ2) is 8.64. The molecule has 0 atom stereocenters. The fourth-order valence-corrected chi connectivity index (χ4v) is 6.25. The summed E-state index contributed by atoms with van der Waals surface area (Å²) in [6, 6.07) is 19.1. The molecule has 36 heavy (non-hydrogen) atoms. The Morgan fingerprint density at radius 1 is 0.833 bits per heavy atom. The first-order chi connectivity index (χ1) is 17.1. The molecule has 4 aromatic rings. The minimum Gasteiger partial charge on any atom is -0.313 e. The summed E-state index contributed by atoms with van der Waals surface area (Å²) in [7, 11) is -2.39. The van der Waals surface area contributed by atoms with Crippen molar-refractivity contribution >= 4 is 38.2 Å². The predicted molar refractivity (Wildman–Crippen MR) is 143 cm³/mol. The number of hydrogen-bond acceptors (Lipinski definition) is 4. The van der Waals surface area contributed by atoms with E-state index in [0.29, 0.717) is 29.0 Å².